The Morgan fingerprint density at radius 1 is 1.04 bits per heavy atom. The van der Waals surface area contributed by atoms with Crippen molar-refractivity contribution in [3.63, 3.8) is 0 Å². The monoisotopic (exact) mass is 382 g/mol. The molecule has 0 unspecified atom stereocenters. The third kappa shape index (κ3) is 2.68. The van der Waals surface area contributed by atoms with E-state index in [2.05, 4.69) is 23.1 Å². The van der Waals surface area contributed by atoms with Gasteiger partial charge >= 0.3 is 144 Å². The molecule has 4 aromatic rings. The zero-order chi connectivity index (χ0) is 16.5. The van der Waals surface area contributed by atoms with Gasteiger partial charge in [-0.3, -0.25) is 0 Å². The standard InChI is InChI=1S/C19H14N2O2Se/c22-19(23)15-8-6-14(7-9-15)17-18-16(10-11-24-18)21(20-17)12-13-4-2-1-3-5-13/h1-11H,12H2,(H,22,23). The van der Waals surface area contributed by atoms with Crippen molar-refractivity contribution < 1.29 is 9.90 Å². The molecule has 0 amide bonds. The molecule has 0 radical (unpaired) electrons. The minimum atomic E-state index is -0.910. The zero-order valence-corrected chi connectivity index (χ0v) is 14.4. The van der Waals surface area contributed by atoms with Crippen molar-refractivity contribution in [1.82, 2.24) is 9.78 Å². The topological polar surface area (TPSA) is 55.1 Å². The van der Waals surface area contributed by atoms with Gasteiger partial charge in [0.25, 0.3) is 0 Å². The van der Waals surface area contributed by atoms with E-state index < -0.39 is 5.97 Å². The number of carbonyl (C=O) groups is 1. The summed E-state index contributed by atoms with van der Waals surface area (Å²) >= 11 is 0.269. The van der Waals surface area contributed by atoms with Gasteiger partial charge in [0.1, 0.15) is 0 Å². The average molecular weight is 381 g/mol. The number of nitrogens with zero attached hydrogens (tertiary/aromatic N) is 2. The van der Waals surface area contributed by atoms with Gasteiger partial charge < -0.3 is 0 Å². The van der Waals surface area contributed by atoms with Gasteiger partial charge in [0.2, 0.25) is 0 Å². The van der Waals surface area contributed by atoms with Gasteiger partial charge in [-0.1, -0.05) is 0 Å². The predicted molar refractivity (Wildman–Crippen MR) is 94.6 cm³/mol. The summed E-state index contributed by atoms with van der Waals surface area (Å²) in [6, 6.07) is 19.4. The Morgan fingerprint density at radius 2 is 1.79 bits per heavy atom. The van der Waals surface area contributed by atoms with Crippen LogP contribution in [0.1, 0.15) is 15.9 Å². The fourth-order valence-corrected chi connectivity index (χ4v) is 4.62. The molecule has 4 nitrogen and oxygen atoms in total. The van der Waals surface area contributed by atoms with Gasteiger partial charge in [-0.05, 0) is 0 Å². The number of fused-ring (bicyclic) bond motifs is 1. The first-order valence-corrected chi connectivity index (χ1v) is 9.38. The molecule has 0 aliphatic carbocycles. The Balaban J connectivity index is 1.76. The number of hydrogen-bond donors (Lipinski definition) is 1. The first-order chi connectivity index (χ1) is 11.7. The second-order valence-corrected chi connectivity index (χ2v) is 7.43. The van der Waals surface area contributed by atoms with Gasteiger partial charge in [-0.2, -0.15) is 0 Å². The van der Waals surface area contributed by atoms with Crippen LogP contribution in [-0.4, -0.2) is 35.4 Å². The third-order valence-electron chi connectivity index (χ3n) is 3.94. The fraction of sp³-hybridized carbons (Fsp3) is 0.0526. The molecule has 4 rings (SSSR count). The van der Waals surface area contributed by atoms with E-state index in [1.807, 2.05) is 35.0 Å². The normalized spacial score (nSPS) is 11.0. The van der Waals surface area contributed by atoms with Crippen molar-refractivity contribution in [2.45, 2.75) is 6.54 Å². The molecule has 0 fully saturated rings. The molecule has 0 aliphatic rings. The Morgan fingerprint density at radius 3 is 2.50 bits per heavy atom. The summed E-state index contributed by atoms with van der Waals surface area (Å²) in [5.41, 5.74) is 4.60. The summed E-state index contributed by atoms with van der Waals surface area (Å²) in [6.45, 7) is 0.733. The molecule has 0 aliphatic heterocycles. The molecule has 0 bridgehead atoms. The number of aromatic nitrogens is 2. The van der Waals surface area contributed by atoms with Crippen LogP contribution in [0.3, 0.4) is 0 Å². The number of benzene rings is 2. The van der Waals surface area contributed by atoms with Crippen LogP contribution in [0, 0.1) is 0 Å². The molecule has 118 valence electrons. The Bertz CT molecular complexity index is 1000. The maximum atomic E-state index is 11.0. The summed E-state index contributed by atoms with van der Waals surface area (Å²) in [5, 5.41) is 13.8. The van der Waals surface area contributed by atoms with Crippen molar-refractivity contribution in [3.8, 4) is 11.3 Å². The number of carboxylic acid groups (broad SMARTS) is 1. The van der Waals surface area contributed by atoms with Gasteiger partial charge in [0.05, 0.1) is 0 Å². The molecule has 0 spiro atoms. The van der Waals surface area contributed by atoms with E-state index >= 15 is 0 Å². The van der Waals surface area contributed by atoms with Crippen molar-refractivity contribution in [2.75, 3.05) is 0 Å². The molecule has 1 N–H and O–H groups in total. The van der Waals surface area contributed by atoms with E-state index in [9.17, 15) is 4.79 Å². The van der Waals surface area contributed by atoms with Crippen LogP contribution in [0.15, 0.2) is 65.6 Å². The van der Waals surface area contributed by atoms with E-state index in [1.165, 1.54) is 9.82 Å². The molecule has 2 heterocycles. The van der Waals surface area contributed by atoms with Crippen LogP contribution >= 0.6 is 0 Å². The maximum absolute atomic E-state index is 11.0. The van der Waals surface area contributed by atoms with E-state index in [4.69, 9.17) is 10.2 Å². The number of rotatable bonds is 4. The molecule has 5 heteroatoms. The van der Waals surface area contributed by atoms with Crippen molar-refractivity contribution in [2.24, 2.45) is 0 Å². The molecule has 2 aromatic heterocycles. The quantitative estimate of drug-likeness (QED) is 0.551. The molecule has 0 saturated carbocycles. The second-order valence-electron chi connectivity index (χ2n) is 5.51. The number of aromatic carboxylic acids is 1. The summed E-state index contributed by atoms with van der Waals surface area (Å²) in [6.07, 6.45) is 0. The van der Waals surface area contributed by atoms with Crippen molar-refractivity contribution in [1.29, 1.82) is 0 Å². The van der Waals surface area contributed by atoms with Crippen LogP contribution in [-0.2, 0) is 6.54 Å². The Kier molecular flexibility index (Phi) is 3.81. The van der Waals surface area contributed by atoms with Crippen LogP contribution in [0.2, 0.25) is 0 Å². The van der Waals surface area contributed by atoms with Crippen LogP contribution in [0.4, 0.5) is 0 Å². The molecule has 24 heavy (non-hydrogen) atoms. The van der Waals surface area contributed by atoms with Crippen LogP contribution < -0.4 is 0 Å². The first-order valence-electron chi connectivity index (χ1n) is 7.54. The van der Waals surface area contributed by atoms with Gasteiger partial charge in [-0.15, -0.1) is 0 Å². The molecule has 2 aromatic carbocycles. The van der Waals surface area contributed by atoms with Crippen molar-refractivity contribution >= 4 is 30.2 Å². The second kappa shape index (κ2) is 6.11. The van der Waals surface area contributed by atoms with Gasteiger partial charge in [-0.25, -0.2) is 0 Å². The molecular weight excluding hydrogens is 367 g/mol. The van der Waals surface area contributed by atoms with E-state index in [-0.39, 0.29) is 14.5 Å². The number of hydrogen-bond acceptors (Lipinski definition) is 2. The van der Waals surface area contributed by atoms with E-state index in [0.717, 1.165) is 23.3 Å². The van der Waals surface area contributed by atoms with Gasteiger partial charge in [0.15, 0.2) is 0 Å². The minimum absolute atomic E-state index is 0.269. The predicted octanol–water partition coefficient (Wildman–Crippen LogP) is 3.51. The van der Waals surface area contributed by atoms with Gasteiger partial charge in [0, 0.05) is 0 Å². The van der Waals surface area contributed by atoms with Crippen LogP contribution in [0.5, 0.6) is 0 Å². The first kappa shape index (κ1) is 14.9. The summed E-state index contributed by atoms with van der Waals surface area (Å²) in [5.74, 6) is -0.910. The SMILES string of the molecule is O=C(O)c1ccc(-c2nn(Cc3ccccc3)c3cc[se]c23)cc1. The summed E-state index contributed by atoms with van der Waals surface area (Å²) in [7, 11) is 0. The number of carboxylic acids is 1. The Labute approximate surface area is 144 Å². The zero-order valence-electron chi connectivity index (χ0n) is 12.7. The summed E-state index contributed by atoms with van der Waals surface area (Å²) < 4.78 is 3.30. The molecular formula is C19H14N2O2Se. The average Bonchev–Trinajstić information content (AvgIpc) is 3.20. The summed E-state index contributed by atoms with van der Waals surface area (Å²) in [4.78, 5) is 13.2. The van der Waals surface area contributed by atoms with Crippen molar-refractivity contribution in [3.05, 3.63) is 76.7 Å². The van der Waals surface area contributed by atoms with E-state index in [1.54, 1.807) is 12.1 Å². The third-order valence-corrected chi connectivity index (χ3v) is 5.85. The fourth-order valence-electron chi connectivity index (χ4n) is 2.74. The Hall–Kier alpha value is -2.62. The molecule has 0 saturated heterocycles. The van der Waals surface area contributed by atoms with E-state index in [0.29, 0.717) is 5.56 Å². The van der Waals surface area contributed by atoms with Crippen LogP contribution in [0.25, 0.3) is 21.0 Å². The molecule has 0 atom stereocenters.